The van der Waals surface area contributed by atoms with Gasteiger partial charge in [0.05, 0.1) is 0 Å². The van der Waals surface area contributed by atoms with Crippen LogP contribution in [0.2, 0.25) is 0 Å². The second-order valence-electron chi connectivity index (χ2n) is 7.77. The average Bonchev–Trinajstić information content (AvgIpc) is 3.47. The fraction of sp³-hybridized carbons (Fsp3) is 0.550. The normalized spacial score (nSPS) is 21.7. The molecule has 3 aliphatic rings. The van der Waals surface area contributed by atoms with Gasteiger partial charge in [0, 0.05) is 69.2 Å². The van der Waals surface area contributed by atoms with Crippen LogP contribution in [0.3, 0.4) is 0 Å². The molecule has 0 unspecified atom stereocenters. The molecule has 0 atom stereocenters. The minimum atomic E-state index is 0.616. The number of aryl methyl sites for hydroxylation is 1. The van der Waals surface area contributed by atoms with Crippen LogP contribution in [-0.4, -0.2) is 65.2 Å². The number of nitrogens with zero attached hydrogens (tertiary/aromatic N) is 6. The van der Waals surface area contributed by atoms with Gasteiger partial charge in [0.2, 0.25) is 0 Å². The summed E-state index contributed by atoms with van der Waals surface area (Å²) in [5, 5.41) is 0. The smallest absolute Gasteiger partial charge is 0.134 e. The molecule has 2 aromatic heterocycles. The molecule has 0 radical (unpaired) electrons. The van der Waals surface area contributed by atoms with Gasteiger partial charge in [-0.25, -0.2) is 15.0 Å². The Morgan fingerprint density at radius 3 is 2.42 bits per heavy atom. The van der Waals surface area contributed by atoms with Gasteiger partial charge in [-0.15, -0.1) is 0 Å². The summed E-state index contributed by atoms with van der Waals surface area (Å²) in [5.74, 6) is 3.91. The quantitative estimate of drug-likeness (QED) is 0.841. The van der Waals surface area contributed by atoms with Gasteiger partial charge in [0.25, 0.3) is 0 Å². The Morgan fingerprint density at radius 1 is 0.923 bits per heavy atom. The molecule has 2 aromatic rings. The Labute approximate surface area is 154 Å². The Bertz CT molecular complexity index is 761. The van der Waals surface area contributed by atoms with E-state index in [0.29, 0.717) is 12.0 Å². The molecular weight excluding hydrogens is 324 g/mol. The zero-order valence-electron chi connectivity index (χ0n) is 15.4. The molecule has 1 saturated carbocycles. The number of pyridine rings is 1. The second-order valence-corrected chi connectivity index (χ2v) is 7.77. The van der Waals surface area contributed by atoms with Gasteiger partial charge in [-0.3, -0.25) is 4.90 Å². The third kappa shape index (κ3) is 3.14. The van der Waals surface area contributed by atoms with E-state index in [9.17, 15) is 0 Å². The molecule has 136 valence electrons. The summed E-state index contributed by atoms with van der Waals surface area (Å²) in [5.41, 5.74) is 1.10. The summed E-state index contributed by atoms with van der Waals surface area (Å²) in [7, 11) is 0. The Kier molecular flexibility index (Phi) is 4.00. The SMILES string of the molecule is Cc1cc(N2CC(N3CCN(c4ccccn4)CC3)C2)nc(C2CC2)n1. The van der Waals surface area contributed by atoms with E-state index < -0.39 is 0 Å². The lowest BCUT2D eigenvalue weighted by molar-refractivity contribution is 0.156. The first-order chi connectivity index (χ1) is 12.8. The number of piperazine rings is 1. The van der Waals surface area contributed by atoms with Crippen molar-refractivity contribution in [1.82, 2.24) is 19.9 Å². The maximum atomic E-state index is 4.83. The lowest BCUT2D eigenvalue weighted by atomic mass is 10.1. The maximum Gasteiger partial charge on any atom is 0.134 e. The highest BCUT2D eigenvalue weighted by molar-refractivity contribution is 5.44. The Balaban J connectivity index is 1.17. The van der Waals surface area contributed by atoms with Gasteiger partial charge in [-0.05, 0) is 31.9 Å². The molecule has 3 fully saturated rings. The summed E-state index contributed by atoms with van der Waals surface area (Å²) in [6, 6.07) is 8.95. The number of rotatable bonds is 4. The van der Waals surface area contributed by atoms with E-state index in [2.05, 4.69) is 49.8 Å². The minimum absolute atomic E-state index is 0.616. The summed E-state index contributed by atoms with van der Waals surface area (Å²) in [6.07, 6.45) is 4.39. The van der Waals surface area contributed by atoms with Crippen LogP contribution >= 0.6 is 0 Å². The van der Waals surface area contributed by atoms with Crippen LogP contribution in [0.5, 0.6) is 0 Å². The van der Waals surface area contributed by atoms with Crippen molar-refractivity contribution in [3.05, 3.63) is 42.0 Å². The van der Waals surface area contributed by atoms with E-state index >= 15 is 0 Å². The molecule has 0 aromatic carbocycles. The second kappa shape index (κ2) is 6.50. The van der Waals surface area contributed by atoms with Crippen LogP contribution in [0.15, 0.2) is 30.5 Å². The average molecular weight is 350 g/mol. The van der Waals surface area contributed by atoms with Crippen LogP contribution in [-0.2, 0) is 0 Å². The Hall–Kier alpha value is -2.21. The highest BCUT2D eigenvalue weighted by atomic mass is 15.4. The lowest BCUT2D eigenvalue weighted by Gasteiger charge is -2.48. The van der Waals surface area contributed by atoms with Crippen molar-refractivity contribution in [2.24, 2.45) is 0 Å². The molecular formula is C20H26N6. The standard InChI is InChI=1S/C20H26N6/c1-15-12-19(23-20(22-15)16-5-6-16)26-13-17(14-26)24-8-10-25(11-9-24)18-4-2-3-7-21-18/h2-4,7,12,16-17H,5-6,8-11,13-14H2,1H3. The molecule has 4 heterocycles. The molecule has 1 aliphatic carbocycles. The molecule has 26 heavy (non-hydrogen) atoms. The van der Waals surface area contributed by atoms with Crippen molar-refractivity contribution in [3.8, 4) is 0 Å². The molecule has 6 nitrogen and oxygen atoms in total. The van der Waals surface area contributed by atoms with Crippen LogP contribution in [0, 0.1) is 6.92 Å². The zero-order chi connectivity index (χ0) is 17.5. The largest absolute Gasteiger partial charge is 0.354 e. The van der Waals surface area contributed by atoms with E-state index in [1.54, 1.807) is 0 Å². The van der Waals surface area contributed by atoms with E-state index in [-0.39, 0.29) is 0 Å². The van der Waals surface area contributed by atoms with Crippen molar-refractivity contribution in [2.45, 2.75) is 31.7 Å². The van der Waals surface area contributed by atoms with Gasteiger partial charge in [-0.1, -0.05) is 6.07 Å². The fourth-order valence-corrected chi connectivity index (χ4v) is 3.99. The molecule has 0 bridgehead atoms. The monoisotopic (exact) mass is 350 g/mol. The predicted octanol–water partition coefficient (Wildman–Crippen LogP) is 2.07. The Morgan fingerprint density at radius 2 is 1.73 bits per heavy atom. The fourth-order valence-electron chi connectivity index (χ4n) is 3.99. The van der Waals surface area contributed by atoms with Gasteiger partial charge in [-0.2, -0.15) is 0 Å². The van der Waals surface area contributed by atoms with Crippen molar-refractivity contribution in [2.75, 3.05) is 49.1 Å². The van der Waals surface area contributed by atoms with Crippen LogP contribution in [0.1, 0.15) is 30.3 Å². The van der Waals surface area contributed by atoms with Gasteiger partial charge < -0.3 is 9.80 Å². The van der Waals surface area contributed by atoms with Gasteiger partial charge in [0.15, 0.2) is 0 Å². The van der Waals surface area contributed by atoms with Crippen molar-refractivity contribution >= 4 is 11.6 Å². The van der Waals surface area contributed by atoms with Crippen LogP contribution in [0.4, 0.5) is 11.6 Å². The highest BCUT2D eigenvalue weighted by Crippen LogP contribution is 2.39. The number of hydrogen-bond acceptors (Lipinski definition) is 6. The summed E-state index contributed by atoms with van der Waals surface area (Å²) < 4.78 is 0. The van der Waals surface area contributed by atoms with Crippen LogP contribution in [0.25, 0.3) is 0 Å². The van der Waals surface area contributed by atoms with Crippen molar-refractivity contribution in [3.63, 3.8) is 0 Å². The van der Waals surface area contributed by atoms with Crippen LogP contribution < -0.4 is 9.80 Å². The highest BCUT2D eigenvalue weighted by Gasteiger charge is 2.35. The number of hydrogen-bond donors (Lipinski definition) is 0. The topological polar surface area (TPSA) is 48.4 Å². The van der Waals surface area contributed by atoms with Crippen molar-refractivity contribution < 1.29 is 0 Å². The predicted molar refractivity (Wildman–Crippen MR) is 103 cm³/mol. The molecule has 2 aliphatic heterocycles. The van der Waals surface area contributed by atoms with Gasteiger partial charge in [0.1, 0.15) is 17.5 Å². The molecule has 5 rings (SSSR count). The first-order valence-electron chi connectivity index (χ1n) is 9.77. The molecule has 0 spiro atoms. The molecule has 0 amide bonds. The number of aromatic nitrogens is 3. The number of anilines is 2. The van der Waals surface area contributed by atoms with Crippen molar-refractivity contribution in [1.29, 1.82) is 0 Å². The summed E-state index contributed by atoms with van der Waals surface area (Å²) in [4.78, 5) is 21.4. The summed E-state index contributed by atoms with van der Waals surface area (Å²) in [6.45, 7) is 8.62. The van der Waals surface area contributed by atoms with E-state index in [0.717, 1.165) is 62.4 Å². The van der Waals surface area contributed by atoms with E-state index in [1.165, 1.54) is 12.8 Å². The zero-order valence-corrected chi connectivity index (χ0v) is 15.4. The van der Waals surface area contributed by atoms with E-state index in [4.69, 9.17) is 4.98 Å². The molecule has 6 heteroatoms. The lowest BCUT2D eigenvalue weighted by Crippen LogP contribution is -2.63. The third-order valence-corrected chi connectivity index (χ3v) is 5.79. The first-order valence-corrected chi connectivity index (χ1v) is 9.77. The molecule has 0 N–H and O–H groups in total. The minimum Gasteiger partial charge on any atom is -0.354 e. The summed E-state index contributed by atoms with van der Waals surface area (Å²) >= 11 is 0. The maximum absolute atomic E-state index is 4.83. The van der Waals surface area contributed by atoms with Gasteiger partial charge >= 0.3 is 0 Å². The van der Waals surface area contributed by atoms with E-state index in [1.807, 2.05) is 12.3 Å². The first kappa shape index (κ1) is 16.0. The third-order valence-electron chi connectivity index (χ3n) is 5.79. The molecule has 2 saturated heterocycles.